The van der Waals surface area contributed by atoms with Crippen LogP contribution < -0.4 is 10.1 Å². The quantitative estimate of drug-likeness (QED) is 0.240. The maximum Gasteiger partial charge on any atom is 0.232 e. The zero-order chi connectivity index (χ0) is 25.5. The van der Waals surface area contributed by atoms with E-state index in [9.17, 15) is 14.0 Å². The number of ether oxygens (including phenoxy) is 1. The molecule has 1 N–H and O–H groups in total. The van der Waals surface area contributed by atoms with Crippen LogP contribution in [0.25, 0.3) is 0 Å². The van der Waals surface area contributed by atoms with Gasteiger partial charge in [-0.15, -0.1) is 23.2 Å². The largest absolute Gasteiger partial charge is 0.480 e. The van der Waals surface area contributed by atoms with Gasteiger partial charge in [0.25, 0.3) is 0 Å². The number of halogens is 6. The summed E-state index contributed by atoms with van der Waals surface area (Å²) in [6, 6.07) is 10.2. The molecule has 1 saturated carbocycles. The Bertz CT molecular complexity index is 1330. The number of ketones is 1. The molecule has 11 heteroatoms. The molecule has 1 amide bonds. The van der Waals surface area contributed by atoms with E-state index in [2.05, 4.69) is 10.3 Å². The average Bonchev–Trinajstić information content (AvgIpc) is 3.40. The van der Waals surface area contributed by atoms with Crippen LogP contribution in [0.2, 0.25) is 15.1 Å². The molecule has 0 bridgehead atoms. The molecule has 0 radical (unpaired) electrons. The highest BCUT2D eigenvalue weighted by Crippen LogP contribution is 2.65. The summed E-state index contributed by atoms with van der Waals surface area (Å²) >= 11 is 31.1. The molecule has 2 atom stereocenters. The van der Waals surface area contributed by atoms with Gasteiger partial charge in [-0.1, -0.05) is 40.9 Å². The molecule has 1 fully saturated rings. The Morgan fingerprint density at radius 2 is 1.83 bits per heavy atom. The van der Waals surface area contributed by atoms with Gasteiger partial charge in [-0.3, -0.25) is 9.59 Å². The van der Waals surface area contributed by atoms with Crippen LogP contribution in [0, 0.1) is 11.7 Å². The van der Waals surface area contributed by atoms with Crippen molar-refractivity contribution in [3.8, 4) is 5.88 Å². The van der Waals surface area contributed by atoms with E-state index in [1.165, 1.54) is 43.6 Å². The first-order valence-electron chi connectivity index (χ1n) is 10.2. The number of Topliss-reactive ketones (excluding diaryl/α,β-unsaturated/α-hetero) is 1. The third kappa shape index (κ3) is 5.23. The van der Waals surface area contributed by atoms with Crippen LogP contribution >= 0.6 is 58.0 Å². The van der Waals surface area contributed by atoms with Gasteiger partial charge in [-0.25, -0.2) is 9.37 Å². The fourth-order valence-corrected chi connectivity index (χ4v) is 5.32. The Morgan fingerprint density at radius 3 is 2.51 bits per heavy atom. The Labute approximate surface area is 225 Å². The number of aromatic nitrogens is 1. The molecule has 1 heterocycles. The van der Waals surface area contributed by atoms with Crippen LogP contribution in [0.3, 0.4) is 0 Å². The number of hydrogen-bond acceptors (Lipinski definition) is 4. The lowest BCUT2D eigenvalue weighted by Gasteiger charge is -2.10. The first kappa shape index (κ1) is 26.0. The minimum absolute atomic E-state index is 0.0582. The lowest BCUT2D eigenvalue weighted by Crippen LogP contribution is -2.17. The Morgan fingerprint density at radius 1 is 1.09 bits per heavy atom. The predicted octanol–water partition coefficient (Wildman–Crippen LogP) is 7.14. The van der Waals surface area contributed by atoms with Crippen molar-refractivity contribution in [2.24, 2.45) is 5.92 Å². The Hall–Kier alpha value is -2.09. The monoisotopic (exact) mass is 574 g/mol. The number of hydrogen-bond donors (Lipinski definition) is 1. The number of amides is 1. The van der Waals surface area contributed by atoms with Crippen molar-refractivity contribution in [1.82, 2.24) is 4.98 Å². The number of carbonyl (C=O) groups excluding carboxylic acids is 2. The van der Waals surface area contributed by atoms with Crippen molar-refractivity contribution in [3.63, 3.8) is 0 Å². The number of pyridine rings is 1. The van der Waals surface area contributed by atoms with Crippen molar-refractivity contribution >= 4 is 75.4 Å². The second-order valence-electron chi connectivity index (χ2n) is 7.88. The number of methoxy groups -OCH3 is 1. The van der Waals surface area contributed by atoms with Gasteiger partial charge in [0.15, 0.2) is 5.78 Å². The van der Waals surface area contributed by atoms with Crippen molar-refractivity contribution in [2.75, 3.05) is 12.4 Å². The molecular formula is C24H16Cl5FN2O3. The van der Waals surface area contributed by atoms with E-state index >= 15 is 0 Å². The van der Waals surface area contributed by atoms with E-state index in [4.69, 9.17) is 62.7 Å². The van der Waals surface area contributed by atoms with Gasteiger partial charge in [-0.2, -0.15) is 0 Å². The molecule has 35 heavy (non-hydrogen) atoms. The zero-order valence-corrected chi connectivity index (χ0v) is 21.7. The van der Waals surface area contributed by atoms with Crippen LogP contribution in [0.1, 0.15) is 27.4 Å². The number of rotatable bonds is 7. The van der Waals surface area contributed by atoms with Crippen molar-refractivity contribution < 1.29 is 18.7 Å². The lowest BCUT2D eigenvalue weighted by atomic mass is 10.0. The Balaban J connectivity index is 1.51. The highest BCUT2D eigenvalue weighted by atomic mass is 35.5. The topological polar surface area (TPSA) is 68.3 Å². The number of carbonyl (C=O) groups is 2. The van der Waals surface area contributed by atoms with Crippen molar-refractivity contribution in [2.45, 2.75) is 16.7 Å². The van der Waals surface area contributed by atoms with Gasteiger partial charge in [0.1, 0.15) is 15.2 Å². The summed E-state index contributed by atoms with van der Waals surface area (Å²) in [5.74, 6) is -2.57. The van der Waals surface area contributed by atoms with E-state index in [0.717, 1.165) is 0 Å². The summed E-state index contributed by atoms with van der Waals surface area (Å²) in [6.07, 6.45) is 1.42. The van der Waals surface area contributed by atoms with Crippen LogP contribution in [0.5, 0.6) is 5.88 Å². The number of benzene rings is 2. The van der Waals surface area contributed by atoms with Crippen molar-refractivity contribution in [3.05, 3.63) is 86.2 Å². The second kappa shape index (κ2) is 10.1. The summed E-state index contributed by atoms with van der Waals surface area (Å²) in [5.41, 5.74) is 1.57. The molecule has 1 aromatic heterocycles. The number of nitrogens with one attached hydrogen (secondary N) is 1. The summed E-state index contributed by atoms with van der Waals surface area (Å²) in [6.45, 7) is 0. The fraction of sp³-hybridized carbons (Fsp3) is 0.208. The molecule has 1 aliphatic rings. The van der Waals surface area contributed by atoms with Gasteiger partial charge in [0, 0.05) is 29.8 Å². The smallest absolute Gasteiger partial charge is 0.232 e. The Kier molecular flexibility index (Phi) is 7.51. The van der Waals surface area contributed by atoms with Gasteiger partial charge in [-0.05, 0) is 47.5 Å². The highest BCUT2D eigenvalue weighted by molar-refractivity contribution is 6.53. The molecule has 4 rings (SSSR count). The average molecular weight is 577 g/mol. The van der Waals surface area contributed by atoms with E-state index in [0.29, 0.717) is 16.8 Å². The number of alkyl halides is 2. The minimum Gasteiger partial charge on any atom is -0.480 e. The summed E-state index contributed by atoms with van der Waals surface area (Å²) in [4.78, 5) is 29.9. The molecule has 0 saturated heterocycles. The first-order valence-corrected chi connectivity index (χ1v) is 12.1. The molecule has 1 aliphatic carbocycles. The molecule has 182 valence electrons. The maximum absolute atomic E-state index is 13.5. The van der Waals surface area contributed by atoms with Gasteiger partial charge >= 0.3 is 0 Å². The molecule has 2 unspecified atom stereocenters. The standard InChI is InChI=1S/C24H16Cl5FN2O3/c1-35-23-21(27)12(6-7-31-23)9-18(33)14-10-13(3-4-15(14)25)32-22(34)20-19(24(20,28)29)11-2-5-17(30)16(26)8-11/h2-8,10,19-20H,9H2,1H3,(H,32,34). The molecular weight excluding hydrogens is 561 g/mol. The zero-order valence-electron chi connectivity index (χ0n) is 17.9. The number of nitrogens with zero attached hydrogens (tertiary/aromatic N) is 1. The summed E-state index contributed by atoms with van der Waals surface area (Å²) in [7, 11) is 1.42. The van der Waals surface area contributed by atoms with E-state index in [1.807, 2.05) is 0 Å². The van der Waals surface area contributed by atoms with Crippen LogP contribution in [-0.2, 0) is 11.2 Å². The molecule has 5 nitrogen and oxygen atoms in total. The van der Waals surface area contributed by atoms with E-state index in [1.54, 1.807) is 12.1 Å². The first-order chi connectivity index (χ1) is 16.5. The fourth-order valence-electron chi connectivity index (χ4n) is 3.82. The molecule has 0 spiro atoms. The van der Waals surface area contributed by atoms with E-state index in [-0.39, 0.29) is 38.7 Å². The summed E-state index contributed by atoms with van der Waals surface area (Å²) in [5, 5.41) is 3.06. The van der Waals surface area contributed by atoms with Crippen LogP contribution in [-0.4, -0.2) is 28.1 Å². The van der Waals surface area contributed by atoms with Gasteiger partial charge in [0.05, 0.1) is 23.1 Å². The van der Waals surface area contributed by atoms with E-state index < -0.39 is 27.9 Å². The predicted molar refractivity (Wildman–Crippen MR) is 136 cm³/mol. The number of anilines is 1. The van der Waals surface area contributed by atoms with Crippen LogP contribution in [0.4, 0.5) is 10.1 Å². The van der Waals surface area contributed by atoms with Gasteiger partial charge in [0.2, 0.25) is 11.8 Å². The third-order valence-corrected chi connectivity index (χ3v) is 7.62. The molecule has 3 aromatic rings. The van der Waals surface area contributed by atoms with Crippen molar-refractivity contribution in [1.29, 1.82) is 0 Å². The SMILES string of the molecule is COc1nccc(CC(=O)c2cc(NC(=O)C3C(c4ccc(F)c(Cl)c4)C3(Cl)Cl)ccc2Cl)c1Cl. The van der Waals surface area contributed by atoms with Gasteiger partial charge < -0.3 is 10.1 Å². The molecule has 0 aliphatic heterocycles. The second-order valence-corrected chi connectivity index (χ2v) is 10.5. The summed E-state index contributed by atoms with van der Waals surface area (Å²) < 4.78 is 17.2. The highest BCUT2D eigenvalue weighted by Gasteiger charge is 2.67. The lowest BCUT2D eigenvalue weighted by molar-refractivity contribution is -0.117. The van der Waals surface area contributed by atoms with Crippen LogP contribution in [0.15, 0.2) is 48.7 Å². The normalized spacial score (nSPS) is 18.1. The maximum atomic E-state index is 13.5. The third-order valence-electron chi connectivity index (χ3n) is 5.65. The minimum atomic E-state index is -1.40. The molecule has 2 aromatic carbocycles.